The number of carbonyl (C=O) groups is 1. The molecular formula is C13H18ClN3O. The third-order valence-electron chi connectivity index (χ3n) is 3.37. The Morgan fingerprint density at radius 1 is 1.50 bits per heavy atom. The predicted octanol–water partition coefficient (Wildman–Crippen LogP) is 1.54. The highest BCUT2D eigenvalue weighted by atomic mass is 35.5. The number of nitrogens with zero attached hydrogens (tertiary/aromatic N) is 1. The third kappa shape index (κ3) is 3.22. The lowest BCUT2D eigenvalue weighted by Gasteiger charge is -2.31. The highest BCUT2D eigenvalue weighted by molar-refractivity contribution is 6.31. The molecule has 1 saturated heterocycles. The molecule has 0 bridgehead atoms. The first kappa shape index (κ1) is 13.3. The van der Waals surface area contributed by atoms with Gasteiger partial charge in [-0.25, -0.2) is 5.84 Å². The summed E-state index contributed by atoms with van der Waals surface area (Å²) in [5, 5.41) is 0.780. The van der Waals surface area contributed by atoms with Crippen LogP contribution in [0.15, 0.2) is 24.3 Å². The number of carbonyl (C=O) groups excluding carboxylic acids is 1. The molecule has 3 N–H and O–H groups in total. The van der Waals surface area contributed by atoms with E-state index in [1.165, 1.54) is 0 Å². The van der Waals surface area contributed by atoms with Gasteiger partial charge in [-0.2, -0.15) is 0 Å². The molecule has 2 rings (SSSR count). The van der Waals surface area contributed by atoms with E-state index in [9.17, 15) is 4.79 Å². The van der Waals surface area contributed by atoms with Gasteiger partial charge in [0, 0.05) is 18.1 Å². The number of hydrogen-bond acceptors (Lipinski definition) is 3. The largest absolute Gasteiger partial charge is 0.298 e. The van der Waals surface area contributed by atoms with Gasteiger partial charge in [-0.05, 0) is 31.0 Å². The molecule has 1 amide bonds. The fourth-order valence-electron chi connectivity index (χ4n) is 2.40. The molecule has 1 aromatic carbocycles. The molecule has 98 valence electrons. The van der Waals surface area contributed by atoms with E-state index in [4.69, 9.17) is 17.4 Å². The standard InChI is InChI=1S/C13H18ClN3O/c14-12-6-2-1-4-10(12)8-17-7-3-5-11(9-17)13(18)16-15/h1-2,4,6,11H,3,5,7-9,15H2,(H,16,18)/t11-/m1/s1. The van der Waals surface area contributed by atoms with Crippen molar-refractivity contribution in [3.8, 4) is 0 Å². The lowest BCUT2D eigenvalue weighted by molar-refractivity contribution is -0.126. The average molecular weight is 268 g/mol. The van der Waals surface area contributed by atoms with Crippen molar-refractivity contribution in [1.29, 1.82) is 0 Å². The molecule has 0 unspecified atom stereocenters. The van der Waals surface area contributed by atoms with Crippen LogP contribution in [0.2, 0.25) is 5.02 Å². The topological polar surface area (TPSA) is 58.4 Å². The van der Waals surface area contributed by atoms with Crippen LogP contribution >= 0.6 is 11.6 Å². The van der Waals surface area contributed by atoms with Crippen LogP contribution in [-0.4, -0.2) is 23.9 Å². The first-order valence-electron chi connectivity index (χ1n) is 6.17. The van der Waals surface area contributed by atoms with Gasteiger partial charge in [-0.3, -0.25) is 15.1 Å². The van der Waals surface area contributed by atoms with Crippen molar-refractivity contribution in [2.24, 2.45) is 11.8 Å². The second-order valence-electron chi connectivity index (χ2n) is 4.67. The number of halogens is 1. The lowest BCUT2D eigenvalue weighted by Crippen LogP contribution is -2.44. The highest BCUT2D eigenvalue weighted by Crippen LogP contribution is 2.22. The van der Waals surface area contributed by atoms with Crippen LogP contribution in [0.4, 0.5) is 0 Å². The minimum Gasteiger partial charge on any atom is -0.298 e. The Labute approximate surface area is 112 Å². The molecule has 1 heterocycles. The van der Waals surface area contributed by atoms with Gasteiger partial charge < -0.3 is 0 Å². The Bertz CT molecular complexity index is 424. The fourth-order valence-corrected chi connectivity index (χ4v) is 2.59. The number of benzene rings is 1. The van der Waals surface area contributed by atoms with E-state index in [2.05, 4.69) is 10.3 Å². The molecule has 5 heteroatoms. The highest BCUT2D eigenvalue weighted by Gasteiger charge is 2.25. The third-order valence-corrected chi connectivity index (χ3v) is 3.74. The average Bonchev–Trinajstić information content (AvgIpc) is 2.41. The van der Waals surface area contributed by atoms with Crippen LogP contribution in [0.25, 0.3) is 0 Å². The van der Waals surface area contributed by atoms with Crippen LogP contribution < -0.4 is 11.3 Å². The molecule has 1 aliphatic heterocycles. The van der Waals surface area contributed by atoms with Gasteiger partial charge in [-0.15, -0.1) is 0 Å². The van der Waals surface area contributed by atoms with Crippen molar-refractivity contribution in [3.63, 3.8) is 0 Å². The van der Waals surface area contributed by atoms with Crippen LogP contribution in [0.5, 0.6) is 0 Å². The summed E-state index contributed by atoms with van der Waals surface area (Å²) in [7, 11) is 0. The quantitative estimate of drug-likeness (QED) is 0.496. The number of hydrazine groups is 1. The summed E-state index contributed by atoms with van der Waals surface area (Å²) in [4.78, 5) is 13.8. The van der Waals surface area contributed by atoms with Gasteiger partial charge in [-0.1, -0.05) is 29.8 Å². The van der Waals surface area contributed by atoms with Gasteiger partial charge in [0.05, 0.1) is 5.92 Å². The zero-order valence-electron chi connectivity index (χ0n) is 10.2. The summed E-state index contributed by atoms with van der Waals surface area (Å²) in [6.07, 6.45) is 1.92. The van der Waals surface area contributed by atoms with Crippen molar-refractivity contribution < 1.29 is 4.79 Å². The Kier molecular flexibility index (Phi) is 4.58. The number of amides is 1. The fraction of sp³-hybridized carbons (Fsp3) is 0.462. The molecule has 0 radical (unpaired) electrons. The summed E-state index contributed by atoms with van der Waals surface area (Å²) < 4.78 is 0. The normalized spacial score (nSPS) is 20.7. The van der Waals surface area contributed by atoms with E-state index >= 15 is 0 Å². The molecule has 4 nitrogen and oxygen atoms in total. The lowest BCUT2D eigenvalue weighted by atomic mass is 9.97. The van der Waals surface area contributed by atoms with Crippen molar-refractivity contribution in [3.05, 3.63) is 34.9 Å². The molecule has 1 fully saturated rings. The zero-order valence-corrected chi connectivity index (χ0v) is 11.0. The van der Waals surface area contributed by atoms with Crippen LogP contribution in [0.1, 0.15) is 18.4 Å². The van der Waals surface area contributed by atoms with Crippen molar-refractivity contribution in [1.82, 2.24) is 10.3 Å². The number of likely N-dealkylation sites (tertiary alicyclic amines) is 1. The van der Waals surface area contributed by atoms with Crippen molar-refractivity contribution >= 4 is 17.5 Å². The number of piperidine rings is 1. The summed E-state index contributed by atoms with van der Waals surface area (Å²) in [5.74, 6) is 5.11. The van der Waals surface area contributed by atoms with Gasteiger partial charge >= 0.3 is 0 Å². The van der Waals surface area contributed by atoms with Gasteiger partial charge in [0.15, 0.2) is 0 Å². The Morgan fingerprint density at radius 2 is 2.28 bits per heavy atom. The molecule has 1 atom stereocenters. The number of rotatable bonds is 3. The van der Waals surface area contributed by atoms with Crippen LogP contribution in [0.3, 0.4) is 0 Å². The number of nitrogens with two attached hydrogens (primary N) is 1. The summed E-state index contributed by atoms with van der Waals surface area (Å²) in [6.45, 7) is 2.53. The summed E-state index contributed by atoms with van der Waals surface area (Å²) in [6, 6.07) is 7.82. The minimum absolute atomic E-state index is 0.00811. The molecule has 0 aliphatic carbocycles. The maximum absolute atomic E-state index is 11.5. The van der Waals surface area contributed by atoms with Crippen LogP contribution in [0, 0.1) is 5.92 Å². The summed E-state index contributed by atoms with van der Waals surface area (Å²) >= 11 is 6.14. The molecule has 18 heavy (non-hydrogen) atoms. The van der Waals surface area contributed by atoms with Gasteiger partial charge in [0.25, 0.3) is 0 Å². The van der Waals surface area contributed by atoms with Gasteiger partial charge in [0.1, 0.15) is 0 Å². The van der Waals surface area contributed by atoms with Crippen molar-refractivity contribution in [2.45, 2.75) is 19.4 Å². The van der Waals surface area contributed by atoms with Crippen LogP contribution in [-0.2, 0) is 11.3 Å². The number of hydrogen-bond donors (Lipinski definition) is 2. The van der Waals surface area contributed by atoms with E-state index in [-0.39, 0.29) is 11.8 Å². The Hall–Kier alpha value is -1.10. The Balaban J connectivity index is 1.98. The first-order chi connectivity index (χ1) is 8.70. The molecular weight excluding hydrogens is 250 g/mol. The minimum atomic E-state index is -0.0705. The second kappa shape index (κ2) is 6.18. The molecule has 0 aromatic heterocycles. The predicted molar refractivity (Wildman–Crippen MR) is 71.8 cm³/mol. The molecule has 0 spiro atoms. The monoisotopic (exact) mass is 267 g/mol. The SMILES string of the molecule is NNC(=O)[C@@H]1CCCN(Cc2ccccc2Cl)C1. The van der Waals surface area contributed by atoms with Crippen molar-refractivity contribution in [2.75, 3.05) is 13.1 Å². The first-order valence-corrected chi connectivity index (χ1v) is 6.54. The molecule has 1 aliphatic rings. The van der Waals surface area contributed by atoms with E-state index in [0.29, 0.717) is 0 Å². The summed E-state index contributed by atoms with van der Waals surface area (Å²) in [5.41, 5.74) is 3.34. The van der Waals surface area contributed by atoms with E-state index < -0.39 is 0 Å². The Morgan fingerprint density at radius 3 is 3.00 bits per heavy atom. The maximum Gasteiger partial charge on any atom is 0.238 e. The van der Waals surface area contributed by atoms with Gasteiger partial charge in [0.2, 0.25) is 5.91 Å². The number of nitrogens with one attached hydrogen (secondary N) is 1. The second-order valence-corrected chi connectivity index (χ2v) is 5.08. The smallest absolute Gasteiger partial charge is 0.238 e. The van der Waals surface area contributed by atoms with E-state index in [0.717, 1.165) is 43.1 Å². The zero-order chi connectivity index (χ0) is 13.0. The van der Waals surface area contributed by atoms with E-state index in [1.54, 1.807) is 0 Å². The molecule has 1 aromatic rings. The maximum atomic E-state index is 11.5. The van der Waals surface area contributed by atoms with E-state index in [1.807, 2.05) is 24.3 Å². The molecule has 0 saturated carbocycles.